The van der Waals surface area contributed by atoms with Gasteiger partial charge in [-0.25, -0.2) is 13.1 Å². The molecule has 1 N–H and O–H groups in total. The SMILES string of the molecule is COCCOC[C@@H]1CCN(C(=O)c2ccc(Cl)c(S(=O)(=O)NC(C)(C)C)c2)C1. The highest BCUT2D eigenvalue weighted by Crippen LogP contribution is 2.26. The molecule has 0 saturated carbocycles. The van der Waals surface area contributed by atoms with Gasteiger partial charge in [0.1, 0.15) is 4.90 Å². The largest absolute Gasteiger partial charge is 0.382 e. The Kier molecular flexibility index (Phi) is 7.87. The van der Waals surface area contributed by atoms with Gasteiger partial charge < -0.3 is 14.4 Å². The first kappa shape index (κ1) is 23.1. The molecule has 1 amide bonds. The number of hydrogen-bond donors (Lipinski definition) is 1. The number of benzene rings is 1. The highest BCUT2D eigenvalue weighted by molar-refractivity contribution is 7.89. The molecule has 1 aliphatic heterocycles. The maximum atomic E-state index is 12.9. The summed E-state index contributed by atoms with van der Waals surface area (Å²) in [7, 11) is -2.22. The van der Waals surface area contributed by atoms with E-state index in [0.717, 1.165) is 6.42 Å². The van der Waals surface area contributed by atoms with Crippen molar-refractivity contribution >= 4 is 27.5 Å². The number of carbonyl (C=O) groups is 1. The summed E-state index contributed by atoms with van der Waals surface area (Å²) in [6.45, 7) is 8.06. The van der Waals surface area contributed by atoms with Gasteiger partial charge in [0.25, 0.3) is 5.91 Å². The van der Waals surface area contributed by atoms with Crippen molar-refractivity contribution in [3.8, 4) is 0 Å². The van der Waals surface area contributed by atoms with Crippen LogP contribution in [0.4, 0.5) is 0 Å². The number of sulfonamides is 1. The number of ether oxygens (including phenoxy) is 2. The van der Waals surface area contributed by atoms with Crippen LogP contribution in [0.1, 0.15) is 37.6 Å². The number of nitrogens with zero attached hydrogens (tertiary/aromatic N) is 1. The highest BCUT2D eigenvalue weighted by atomic mass is 35.5. The van der Waals surface area contributed by atoms with Crippen LogP contribution in [0.2, 0.25) is 5.02 Å². The zero-order chi connectivity index (χ0) is 20.9. The molecule has 9 heteroatoms. The Morgan fingerprint density at radius 2 is 2.04 bits per heavy atom. The van der Waals surface area contributed by atoms with Gasteiger partial charge in [-0.05, 0) is 45.4 Å². The molecule has 2 rings (SSSR count). The lowest BCUT2D eigenvalue weighted by Crippen LogP contribution is -2.40. The van der Waals surface area contributed by atoms with E-state index in [4.69, 9.17) is 21.1 Å². The van der Waals surface area contributed by atoms with Gasteiger partial charge in [0.15, 0.2) is 0 Å². The Hall–Kier alpha value is -1.19. The van der Waals surface area contributed by atoms with Gasteiger partial charge in [0.2, 0.25) is 10.0 Å². The van der Waals surface area contributed by atoms with Crippen LogP contribution in [0.3, 0.4) is 0 Å². The minimum atomic E-state index is -3.84. The second-order valence-corrected chi connectivity index (χ2v) is 10.0. The molecule has 0 unspecified atom stereocenters. The normalized spacial score (nSPS) is 17.9. The third kappa shape index (κ3) is 6.42. The third-order valence-corrected chi connectivity index (χ3v) is 6.51. The fourth-order valence-electron chi connectivity index (χ4n) is 3.03. The number of rotatable bonds is 8. The van der Waals surface area contributed by atoms with E-state index in [1.807, 2.05) is 0 Å². The van der Waals surface area contributed by atoms with Crippen molar-refractivity contribution in [2.45, 2.75) is 37.6 Å². The molecule has 1 aliphatic rings. The van der Waals surface area contributed by atoms with E-state index in [0.29, 0.717) is 38.5 Å². The predicted octanol–water partition coefficient (Wildman–Crippen LogP) is 2.54. The summed E-state index contributed by atoms with van der Waals surface area (Å²) in [5.41, 5.74) is -0.354. The van der Waals surface area contributed by atoms with Crippen molar-refractivity contribution in [2.24, 2.45) is 5.92 Å². The van der Waals surface area contributed by atoms with Crippen LogP contribution < -0.4 is 4.72 Å². The van der Waals surface area contributed by atoms with Crippen LogP contribution in [0.5, 0.6) is 0 Å². The van der Waals surface area contributed by atoms with Crippen LogP contribution in [-0.4, -0.2) is 64.8 Å². The van der Waals surface area contributed by atoms with E-state index in [9.17, 15) is 13.2 Å². The van der Waals surface area contributed by atoms with Gasteiger partial charge in [-0.1, -0.05) is 11.6 Å². The van der Waals surface area contributed by atoms with Gasteiger partial charge in [-0.3, -0.25) is 4.79 Å². The summed E-state index contributed by atoms with van der Waals surface area (Å²) < 4.78 is 38.3. The summed E-state index contributed by atoms with van der Waals surface area (Å²) in [6.07, 6.45) is 0.850. The molecule has 1 fully saturated rings. The quantitative estimate of drug-likeness (QED) is 0.638. The Balaban J connectivity index is 2.09. The maximum Gasteiger partial charge on any atom is 0.253 e. The fourth-order valence-corrected chi connectivity index (χ4v) is 4.97. The van der Waals surface area contributed by atoms with E-state index in [2.05, 4.69) is 4.72 Å². The number of carbonyl (C=O) groups excluding carboxylic acids is 1. The average Bonchev–Trinajstić information content (AvgIpc) is 3.05. The van der Waals surface area contributed by atoms with Crippen LogP contribution in [0.25, 0.3) is 0 Å². The first-order chi connectivity index (χ1) is 13.0. The number of halogens is 1. The molecule has 1 aromatic rings. The summed E-state index contributed by atoms with van der Waals surface area (Å²) in [5.74, 6) is 0.0575. The smallest absolute Gasteiger partial charge is 0.253 e. The molecule has 0 radical (unpaired) electrons. The predicted molar refractivity (Wildman–Crippen MR) is 108 cm³/mol. The topological polar surface area (TPSA) is 84.9 Å². The molecule has 7 nitrogen and oxygen atoms in total. The standard InChI is InChI=1S/C19H29ClN2O5S/c1-19(2,3)21-28(24,25)17-11-15(5-6-16(17)20)18(23)22-8-7-14(12-22)13-27-10-9-26-4/h5-6,11,14,21H,7-10,12-13H2,1-4H3/t14-/m1/s1. The molecule has 0 aliphatic carbocycles. The summed E-state index contributed by atoms with van der Waals surface area (Å²) in [4.78, 5) is 14.5. The second kappa shape index (κ2) is 9.54. The number of likely N-dealkylation sites (tertiary alicyclic amines) is 1. The van der Waals surface area contributed by atoms with Crippen LogP contribution in [0.15, 0.2) is 23.1 Å². The Labute approximate surface area is 172 Å². The molecular weight excluding hydrogens is 404 g/mol. The highest BCUT2D eigenvalue weighted by Gasteiger charge is 2.29. The molecule has 1 atom stereocenters. The minimum absolute atomic E-state index is 0.0825. The van der Waals surface area contributed by atoms with Gasteiger partial charge >= 0.3 is 0 Å². The summed E-state index contributed by atoms with van der Waals surface area (Å²) in [5, 5.41) is 0.0825. The van der Waals surface area contributed by atoms with E-state index in [1.54, 1.807) is 38.8 Å². The van der Waals surface area contributed by atoms with E-state index in [1.165, 1.54) is 12.1 Å². The van der Waals surface area contributed by atoms with Crippen molar-refractivity contribution in [3.05, 3.63) is 28.8 Å². The number of methoxy groups -OCH3 is 1. The Bertz CT molecular complexity index is 792. The van der Waals surface area contributed by atoms with Gasteiger partial charge in [-0.2, -0.15) is 0 Å². The van der Waals surface area contributed by atoms with Gasteiger partial charge in [-0.15, -0.1) is 0 Å². The summed E-state index contributed by atoms with van der Waals surface area (Å²) in [6, 6.07) is 4.36. The number of hydrogen-bond acceptors (Lipinski definition) is 5. The van der Waals surface area contributed by atoms with E-state index < -0.39 is 15.6 Å². The third-order valence-electron chi connectivity index (χ3n) is 4.27. The Morgan fingerprint density at radius 1 is 1.32 bits per heavy atom. The van der Waals surface area contributed by atoms with Crippen molar-refractivity contribution in [3.63, 3.8) is 0 Å². The molecular formula is C19H29ClN2O5S. The lowest BCUT2D eigenvalue weighted by molar-refractivity contribution is 0.0515. The first-order valence-corrected chi connectivity index (χ1v) is 11.1. The number of amides is 1. The molecule has 0 bridgehead atoms. The first-order valence-electron chi connectivity index (χ1n) is 9.23. The van der Waals surface area contributed by atoms with Crippen molar-refractivity contribution in [2.75, 3.05) is 40.0 Å². The van der Waals surface area contributed by atoms with Gasteiger partial charge in [0.05, 0.1) is 24.8 Å². The van der Waals surface area contributed by atoms with E-state index >= 15 is 0 Å². The Morgan fingerprint density at radius 3 is 2.68 bits per heavy atom. The second-order valence-electron chi connectivity index (χ2n) is 7.97. The molecule has 1 saturated heterocycles. The zero-order valence-corrected chi connectivity index (χ0v) is 18.4. The minimum Gasteiger partial charge on any atom is -0.382 e. The van der Waals surface area contributed by atoms with Crippen LogP contribution in [0, 0.1) is 5.92 Å². The fraction of sp³-hybridized carbons (Fsp3) is 0.632. The molecule has 28 heavy (non-hydrogen) atoms. The van der Waals surface area contributed by atoms with E-state index in [-0.39, 0.29) is 21.7 Å². The lowest BCUT2D eigenvalue weighted by atomic mass is 10.1. The van der Waals surface area contributed by atoms with Crippen LogP contribution in [-0.2, 0) is 19.5 Å². The summed E-state index contributed by atoms with van der Waals surface area (Å²) >= 11 is 6.11. The average molecular weight is 433 g/mol. The molecule has 0 aromatic heterocycles. The number of nitrogens with one attached hydrogen (secondary N) is 1. The van der Waals surface area contributed by atoms with Crippen LogP contribution >= 0.6 is 11.6 Å². The van der Waals surface area contributed by atoms with Crippen molar-refractivity contribution in [1.82, 2.24) is 9.62 Å². The monoisotopic (exact) mass is 432 g/mol. The lowest BCUT2D eigenvalue weighted by Gasteiger charge is -2.21. The molecule has 1 heterocycles. The van der Waals surface area contributed by atoms with Crippen molar-refractivity contribution in [1.29, 1.82) is 0 Å². The zero-order valence-electron chi connectivity index (χ0n) is 16.8. The molecule has 158 valence electrons. The van der Waals surface area contributed by atoms with Gasteiger partial charge in [0, 0.05) is 37.2 Å². The van der Waals surface area contributed by atoms with Crippen molar-refractivity contribution < 1.29 is 22.7 Å². The maximum absolute atomic E-state index is 12.9. The molecule has 1 aromatic carbocycles. The molecule has 0 spiro atoms.